The van der Waals surface area contributed by atoms with Crippen molar-refractivity contribution in [3.05, 3.63) is 0 Å². The van der Waals surface area contributed by atoms with Crippen LogP contribution in [0.3, 0.4) is 0 Å². The van der Waals surface area contributed by atoms with Crippen LogP contribution in [0.25, 0.3) is 0 Å². The summed E-state index contributed by atoms with van der Waals surface area (Å²) in [5.41, 5.74) is 0. The number of amides is 2. The topological polar surface area (TPSA) is 78.4 Å². The fourth-order valence-electron chi connectivity index (χ4n) is 1.41. The first kappa shape index (κ1) is 15.7. The highest BCUT2D eigenvalue weighted by Gasteiger charge is 2.20. The molecule has 17 heavy (non-hydrogen) atoms. The molecule has 0 aromatic heterocycles. The Bertz CT molecular complexity index is 252. The summed E-state index contributed by atoms with van der Waals surface area (Å²) in [6.45, 7) is 8.07. The SMILES string of the molecule is CCC(CC)CNC(=O)NC(C)C(C)C(=O)O. The molecule has 5 heteroatoms. The molecule has 5 nitrogen and oxygen atoms in total. The Morgan fingerprint density at radius 1 is 1.18 bits per heavy atom. The van der Waals surface area contributed by atoms with Gasteiger partial charge in [0.15, 0.2) is 0 Å². The van der Waals surface area contributed by atoms with Gasteiger partial charge in [-0.05, 0) is 19.8 Å². The molecule has 100 valence electrons. The van der Waals surface area contributed by atoms with Crippen LogP contribution in [0.15, 0.2) is 0 Å². The van der Waals surface area contributed by atoms with Gasteiger partial charge in [0, 0.05) is 12.6 Å². The average molecular weight is 244 g/mol. The number of carbonyl (C=O) groups is 2. The molecule has 2 amide bonds. The highest BCUT2D eigenvalue weighted by atomic mass is 16.4. The van der Waals surface area contributed by atoms with Gasteiger partial charge >= 0.3 is 12.0 Å². The van der Waals surface area contributed by atoms with Crippen molar-refractivity contribution in [1.29, 1.82) is 0 Å². The van der Waals surface area contributed by atoms with E-state index >= 15 is 0 Å². The van der Waals surface area contributed by atoms with E-state index in [-0.39, 0.29) is 12.1 Å². The van der Waals surface area contributed by atoms with Crippen LogP contribution in [-0.2, 0) is 4.79 Å². The van der Waals surface area contributed by atoms with Gasteiger partial charge in [-0.2, -0.15) is 0 Å². The van der Waals surface area contributed by atoms with Gasteiger partial charge in [0.1, 0.15) is 0 Å². The number of hydrogen-bond donors (Lipinski definition) is 3. The fourth-order valence-corrected chi connectivity index (χ4v) is 1.41. The quantitative estimate of drug-likeness (QED) is 0.639. The predicted octanol–water partition coefficient (Wildman–Crippen LogP) is 1.83. The zero-order valence-electron chi connectivity index (χ0n) is 11.1. The number of carbonyl (C=O) groups excluding carboxylic acids is 1. The summed E-state index contributed by atoms with van der Waals surface area (Å²) in [5.74, 6) is -1.01. The van der Waals surface area contributed by atoms with E-state index < -0.39 is 11.9 Å². The van der Waals surface area contributed by atoms with Crippen LogP contribution in [0.4, 0.5) is 4.79 Å². The predicted molar refractivity (Wildman–Crippen MR) is 66.9 cm³/mol. The Balaban J connectivity index is 3.97. The van der Waals surface area contributed by atoms with Gasteiger partial charge < -0.3 is 15.7 Å². The Morgan fingerprint density at radius 3 is 2.12 bits per heavy atom. The average Bonchev–Trinajstić information content (AvgIpc) is 2.29. The van der Waals surface area contributed by atoms with Crippen molar-refractivity contribution in [3.63, 3.8) is 0 Å². The number of aliphatic carboxylic acids is 1. The summed E-state index contributed by atoms with van der Waals surface area (Å²) in [6.07, 6.45) is 2.05. The van der Waals surface area contributed by atoms with Gasteiger partial charge in [0.25, 0.3) is 0 Å². The minimum Gasteiger partial charge on any atom is -0.481 e. The van der Waals surface area contributed by atoms with Crippen molar-refractivity contribution >= 4 is 12.0 Å². The second-order valence-electron chi connectivity index (χ2n) is 4.45. The Morgan fingerprint density at radius 2 is 1.71 bits per heavy atom. The van der Waals surface area contributed by atoms with Gasteiger partial charge in [0.2, 0.25) is 0 Å². The molecule has 0 radical (unpaired) electrons. The lowest BCUT2D eigenvalue weighted by molar-refractivity contribution is -0.141. The molecule has 0 aromatic carbocycles. The van der Waals surface area contributed by atoms with E-state index in [9.17, 15) is 9.59 Å². The summed E-state index contributed by atoms with van der Waals surface area (Å²) in [5, 5.41) is 14.2. The standard InChI is InChI=1S/C12H24N2O3/c1-5-10(6-2)7-13-12(17)14-9(4)8(3)11(15)16/h8-10H,5-7H2,1-4H3,(H,15,16)(H2,13,14,17). The smallest absolute Gasteiger partial charge is 0.315 e. The van der Waals surface area contributed by atoms with E-state index in [2.05, 4.69) is 24.5 Å². The number of nitrogens with one attached hydrogen (secondary N) is 2. The Kier molecular flexibility index (Phi) is 7.34. The van der Waals surface area contributed by atoms with Crippen LogP contribution < -0.4 is 10.6 Å². The lowest BCUT2D eigenvalue weighted by Crippen LogP contribution is -2.46. The summed E-state index contributed by atoms with van der Waals surface area (Å²) < 4.78 is 0. The third-order valence-corrected chi connectivity index (χ3v) is 3.20. The maximum Gasteiger partial charge on any atom is 0.315 e. The molecule has 0 fully saturated rings. The zero-order valence-corrected chi connectivity index (χ0v) is 11.1. The van der Waals surface area contributed by atoms with Crippen LogP contribution in [0.5, 0.6) is 0 Å². The van der Waals surface area contributed by atoms with Crippen molar-refractivity contribution in [1.82, 2.24) is 10.6 Å². The second-order valence-corrected chi connectivity index (χ2v) is 4.45. The number of carboxylic acid groups (broad SMARTS) is 1. The molecule has 0 rings (SSSR count). The van der Waals surface area contributed by atoms with Crippen LogP contribution in [-0.4, -0.2) is 29.7 Å². The molecule has 0 saturated heterocycles. The normalized spacial score (nSPS) is 14.2. The molecule has 0 aliphatic carbocycles. The molecule has 0 saturated carbocycles. The van der Waals surface area contributed by atoms with E-state index in [1.807, 2.05) is 0 Å². The third kappa shape index (κ3) is 6.14. The van der Waals surface area contributed by atoms with Crippen molar-refractivity contribution in [2.24, 2.45) is 11.8 Å². The molecule has 0 bridgehead atoms. The minimum atomic E-state index is -0.905. The number of rotatable bonds is 7. The van der Waals surface area contributed by atoms with Gasteiger partial charge in [-0.15, -0.1) is 0 Å². The lowest BCUT2D eigenvalue weighted by atomic mass is 10.0. The fraction of sp³-hybridized carbons (Fsp3) is 0.833. The maximum atomic E-state index is 11.5. The number of urea groups is 1. The van der Waals surface area contributed by atoms with Crippen molar-refractivity contribution < 1.29 is 14.7 Å². The Hall–Kier alpha value is -1.26. The second kappa shape index (κ2) is 7.92. The highest BCUT2D eigenvalue weighted by molar-refractivity contribution is 5.76. The van der Waals surface area contributed by atoms with Crippen molar-refractivity contribution in [2.75, 3.05) is 6.54 Å². The monoisotopic (exact) mass is 244 g/mol. The molecule has 0 spiro atoms. The van der Waals surface area contributed by atoms with E-state index in [0.29, 0.717) is 12.5 Å². The molecule has 0 heterocycles. The maximum absolute atomic E-state index is 11.5. The van der Waals surface area contributed by atoms with Gasteiger partial charge in [-0.25, -0.2) is 4.79 Å². The van der Waals surface area contributed by atoms with Crippen LogP contribution in [0.2, 0.25) is 0 Å². The molecule has 0 aliphatic rings. The van der Waals surface area contributed by atoms with E-state index in [0.717, 1.165) is 12.8 Å². The van der Waals surface area contributed by atoms with Crippen LogP contribution >= 0.6 is 0 Å². The van der Waals surface area contributed by atoms with E-state index in [1.165, 1.54) is 0 Å². The van der Waals surface area contributed by atoms with Crippen LogP contribution in [0.1, 0.15) is 40.5 Å². The molecule has 2 atom stereocenters. The number of carboxylic acids is 1. The molecular weight excluding hydrogens is 220 g/mol. The first-order chi connectivity index (χ1) is 7.92. The third-order valence-electron chi connectivity index (χ3n) is 3.20. The van der Waals surface area contributed by atoms with Crippen molar-refractivity contribution in [3.8, 4) is 0 Å². The molecule has 0 aromatic rings. The summed E-state index contributed by atoms with van der Waals surface area (Å²) >= 11 is 0. The highest BCUT2D eigenvalue weighted by Crippen LogP contribution is 2.05. The van der Waals surface area contributed by atoms with Gasteiger partial charge in [-0.1, -0.05) is 26.7 Å². The van der Waals surface area contributed by atoms with E-state index in [4.69, 9.17) is 5.11 Å². The van der Waals surface area contributed by atoms with Gasteiger partial charge in [0.05, 0.1) is 5.92 Å². The minimum absolute atomic E-state index is 0.294. The lowest BCUT2D eigenvalue weighted by Gasteiger charge is -2.19. The summed E-state index contributed by atoms with van der Waals surface area (Å²) in [7, 11) is 0. The zero-order chi connectivity index (χ0) is 13.4. The molecule has 2 unspecified atom stereocenters. The van der Waals surface area contributed by atoms with Crippen molar-refractivity contribution in [2.45, 2.75) is 46.6 Å². The first-order valence-electron chi connectivity index (χ1n) is 6.19. The van der Waals surface area contributed by atoms with E-state index in [1.54, 1.807) is 13.8 Å². The Labute approximate surface area is 103 Å². The summed E-state index contributed by atoms with van der Waals surface area (Å²) in [6, 6.07) is -0.674. The summed E-state index contributed by atoms with van der Waals surface area (Å²) in [4.78, 5) is 22.2. The molecular formula is C12H24N2O3. The largest absolute Gasteiger partial charge is 0.481 e. The number of hydrogen-bond acceptors (Lipinski definition) is 2. The first-order valence-corrected chi connectivity index (χ1v) is 6.19. The molecule has 0 aliphatic heterocycles. The molecule has 3 N–H and O–H groups in total. The van der Waals surface area contributed by atoms with Gasteiger partial charge in [-0.3, -0.25) is 4.79 Å². The van der Waals surface area contributed by atoms with Crippen LogP contribution in [0, 0.1) is 11.8 Å².